The van der Waals surface area contributed by atoms with Crippen molar-refractivity contribution in [3.8, 4) is 0 Å². The van der Waals surface area contributed by atoms with Gasteiger partial charge in [-0.3, -0.25) is 96.4 Å². The Morgan fingerprint density at radius 3 is 1.15 bits per heavy atom. The van der Waals surface area contributed by atoms with E-state index < -0.39 is 209 Å². The van der Waals surface area contributed by atoms with Crippen molar-refractivity contribution in [1.82, 2.24) is 95.0 Å². The standard InChI is InChI=1S/C92H150N22O25S2/c1-52(2)45-71(89(130)99-55(7)61(13)115)111-82(123)59(11)100-85(126)67(25-17-20-33-93)107-80(121)57(9)103-90(131)72(46-53(3)4)112-83(124)60(12)101-86(127)68(26-18-21-34-94)108-81(122)58(10)104-91(132)73(47-54(5)6)113-88(129)69(27-19-22-35-95)109-79(120)56(8)102-87(128)70(29-31-78(118)119)110-92(133)74(48-63-49-97-66-24-16-15-23-65(63)66)106-76(117)32-37-136-39-41-138-43-44-139-42-40-137-38-36-96-84(125)75(105-62(14)116)51-140-141-77-30-28-64(50-98-77)114(134)135/h15-16,23-24,28,30,49-50,52-60,67-75,97H,17-22,25-27,29,31-48,51,93-95H2,1-14H3,(H,96,125)(H,99,130)(H,100,126)(H,101,127)(H,102,128)(H,103,131)(H,104,132)(H,105,116)(H,106,117)(H,107,121)(H,108,122)(H,109,120)(H,110,133)(H,111,123)(H,112,124)(H,113,129)(H,118,119)/t55-,56-,57-,58-,59-,60-,67-,68-,69-,70-,71-,72-,73-,74-,75?/m0/s1. The number of benzene rings is 1. The smallest absolute Gasteiger partial charge is 0.303 e. The third kappa shape index (κ3) is 50.1. The van der Waals surface area contributed by atoms with E-state index in [1.165, 1.54) is 89.1 Å². The number of hydrogen-bond donors (Lipinski definition) is 21. The first-order chi connectivity index (χ1) is 66.8. The average molecular weight is 2030 g/mol. The number of carbonyl (C=O) groups is 18. The van der Waals surface area contributed by atoms with Crippen LogP contribution in [-0.4, -0.2) is 302 Å². The molecule has 0 fully saturated rings. The summed E-state index contributed by atoms with van der Waals surface area (Å²) in [5, 5.41) is 63.8. The van der Waals surface area contributed by atoms with E-state index >= 15 is 0 Å². The highest BCUT2D eigenvalue weighted by molar-refractivity contribution is 8.76. The largest absolute Gasteiger partial charge is 0.481 e. The lowest BCUT2D eigenvalue weighted by atomic mass is 10.0. The number of nitrogens with two attached hydrogens (primary N) is 3. The minimum Gasteiger partial charge on any atom is -0.481 e. The van der Waals surface area contributed by atoms with Crippen LogP contribution in [0.2, 0.25) is 0 Å². The minimum atomic E-state index is -1.61. The third-order valence-corrected chi connectivity index (χ3v) is 23.9. The molecule has 3 rings (SSSR count). The molecular formula is C92H150N22O25S2. The van der Waals surface area contributed by atoms with Crippen molar-refractivity contribution < 1.29 is 115 Å². The van der Waals surface area contributed by atoms with Gasteiger partial charge in [-0.2, -0.15) is 0 Å². The number of rotatable bonds is 73. The molecule has 0 bridgehead atoms. The highest BCUT2D eigenvalue weighted by Gasteiger charge is 2.38. The Bertz CT molecular complexity index is 4530. The summed E-state index contributed by atoms with van der Waals surface area (Å²) >= 11 is 0. The summed E-state index contributed by atoms with van der Waals surface area (Å²) in [5.41, 5.74) is 18.5. The molecule has 141 heavy (non-hydrogen) atoms. The van der Waals surface area contributed by atoms with Crippen molar-refractivity contribution in [1.29, 1.82) is 0 Å². The maximum Gasteiger partial charge on any atom is 0.303 e. The summed E-state index contributed by atoms with van der Waals surface area (Å²) in [6.45, 7) is 23.4. The number of ether oxygens (including phenoxy) is 4. The number of carboxylic acids is 1. The number of Topliss-reactive ketones (excluding diaryl/α,β-unsaturated/α-hetero) is 1. The van der Waals surface area contributed by atoms with Gasteiger partial charge in [-0.1, -0.05) is 70.5 Å². The molecular weight excluding hydrogens is 1880 g/mol. The number of aromatic nitrogens is 2. The van der Waals surface area contributed by atoms with E-state index in [0.29, 0.717) is 53.6 Å². The first-order valence-corrected chi connectivity index (χ1v) is 50.0. The number of ketones is 1. The predicted octanol–water partition coefficient (Wildman–Crippen LogP) is -0.583. The Kier molecular flexibility index (Phi) is 59.3. The maximum absolute atomic E-state index is 14.5. The lowest BCUT2D eigenvalue weighted by molar-refractivity contribution is -0.385. The number of para-hydroxylation sites is 1. The number of H-pyrrole nitrogens is 1. The Balaban J connectivity index is 1.65. The zero-order valence-electron chi connectivity index (χ0n) is 83.2. The Labute approximate surface area is 830 Å². The third-order valence-electron chi connectivity index (χ3n) is 21.7. The first kappa shape index (κ1) is 124. The summed E-state index contributed by atoms with van der Waals surface area (Å²) in [6.07, 6.45) is 3.82. The van der Waals surface area contributed by atoms with Gasteiger partial charge in [0.15, 0.2) is 5.78 Å². The minimum absolute atomic E-state index is 0.00102. The lowest BCUT2D eigenvalue weighted by Crippen LogP contribution is -2.60. The van der Waals surface area contributed by atoms with E-state index in [-0.39, 0.29) is 172 Å². The number of amides is 16. The van der Waals surface area contributed by atoms with Crippen molar-refractivity contribution in [2.45, 2.75) is 295 Å². The molecule has 0 radical (unpaired) electrons. The van der Waals surface area contributed by atoms with Crippen LogP contribution in [0.4, 0.5) is 5.69 Å². The normalized spacial score (nSPS) is 14.5. The highest BCUT2D eigenvalue weighted by Crippen LogP contribution is 2.31. The van der Waals surface area contributed by atoms with Crippen LogP contribution in [0.3, 0.4) is 0 Å². The molecule has 790 valence electrons. The molecule has 2 heterocycles. The zero-order valence-corrected chi connectivity index (χ0v) is 84.8. The van der Waals surface area contributed by atoms with Gasteiger partial charge in [0, 0.05) is 61.6 Å². The Hall–Kier alpha value is -11.6. The molecule has 49 heteroatoms. The predicted molar refractivity (Wildman–Crippen MR) is 525 cm³/mol. The average Bonchev–Trinajstić information content (AvgIpc) is 1.67. The van der Waals surface area contributed by atoms with Crippen LogP contribution in [-0.2, 0) is 112 Å². The number of hydrogen-bond acceptors (Lipinski definition) is 30. The van der Waals surface area contributed by atoms with Gasteiger partial charge < -0.3 is 131 Å². The van der Waals surface area contributed by atoms with E-state index in [9.17, 15) is 102 Å². The van der Waals surface area contributed by atoms with Crippen LogP contribution < -0.4 is 102 Å². The van der Waals surface area contributed by atoms with Gasteiger partial charge in [-0.25, -0.2) is 4.98 Å². The molecule has 47 nitrogen and oxygen atoms in total. The van der Waals surface area contributed by atoms with Gasteiger partial charge in [0.25, 0.3) is 5.69 Å². The quantitative estimate of drug-likeness (QED) is 0.0145. The lowest BCUT2D eigenvalue weighted by Gasteiger charge is -2.27. The van der Waals surface area contributed by atoms with Gasteiger partial charge in [0.1, 0.15) is 95.8 Å². The maximum atomic E-state index is 14.5. The highest BCUT2D eigenvalue weighted by atomic mass is 33.1. The van der Waals surface area contributed by atoms with Gasteiger partial charge in [-0.05, 0) is 198 Å². The molecule has 0 saturated carbocycles. The van der Waals surface area contributed by atoms with E-state index in [0.717, 1.165) is 6.20 Å². The Morgan fingerprint density at radius 1 is 0.404 bits per heavy atom. The second-order valence-corrected chi connectivity index (χ2v) is 37.9. The molecule has 16 amide bonds. The van der Waals surface area contributed by atoms with Crippen LogP contribution in [0.5, 0.6) is 0 Å². The number of aromatic amines is 1. The molecule has 1 aromatic carbocycles. The second-order valence-electron chi connectivity index (χ2n) is 35.5. The van der Waals surface area contributed by atoms with Gasteiger partial charge in [0.2, 0.25) is 94.5 Å². The van der Waals surface area contributed by atoms with Crippen LogP contribution >= 0.6 is 21.6 Å². The van der Waals surface area contributed by atoms with E-state index in [4.69, 9.17) is 36.1 Å². The fraction of sp³-hybridized carbons (Fsp3) is 0.663. The molecule has 2 aromatic heterocycles. The number of carboxylic acid groups (broad SMARTS) is 1. The number of nitrogens with one attached hydrogen (secondary N) is 17. The number of nitro groups is 1. The molecule has 3 aromatic rings. The number of aliphatic carboxylic acids is 1. The molecule has 0 aliphatic heterocycles. The fourth-order valence-electron chi connectivity index (χ4n) is 13.7. The summed E-state index contributed by atoms with van der Waals surface area (Å²) in [5.74, 6) is -14.2. The monoisotopic (exact) mass is 2030 g/mol. The van der Waals surface area contributed by atoms with Crippen molar-refractivity contribution in [3.63, 3.8) is 0 Å². The molecule has 0 spiro atoms. The van der Waals surface area contributed by atoms with E-state index in [2.05, 4.69) is 95.0 Å². The van der Waals surface area contributed by atoms with Crippen molar-refractivity contribution in [2.75, 3.05) is 84.8 Å². The summed E-state index contributed by atoms with van der Waals surface area (Å²) in [4.78, 5) is 262. The Morgan fingerprint density at radius 2 is 0.766 bits per heavy atom. The van der Waals surface area contributed by atoms with Crippen molar-refractivity contribution in [2.24, 2.45) is 35.0 Å². The second kappa shape index (κ2) is 67.7. The van der Waals surface area contributed by atoms with E-state index in [1.807, 2.05) is 13.8 Å². The zero-order chi connectivity index (χ0) is 105. The number of unbranched alkanes of at least 4 members (excludes halogenated alkanes) is 3. The molecule has 0 aliphatic carbocycles. The number of carbonyl (C=O) groups excluding carboxylic acids is 17. The molecule has 0 aliphatic rings. The topological polar surface area (TPSA) is 707 Å². The SMILES string of the molecule is CC(=O)NC(CSSc1ccc([N+](=O)[O-])cn1)C(=O)NCCOCCOCCOCCOCCC(=O)N[C@@H](Cc1c[nH]c2ccccc12)C(=O)N[C@@H](CCC(=O)O)C(=O)N[C@@H](C)C(=O)N[C@@H](CCCCN)C(=O)N[C@@H](CC(C)C)C(=O)N[C@@H](C)C(=O)N[C@@H](CCCCN)C(=O)N[C@@H](C)C(=O)N[C@@H](CC(C)C)C(=O)N[C@@H](C)C(=O)N[C@@H](CCCCN)C(=O)N[C@@H](C)C(=O)N[C@@H](CC(C)C)C(=O)N[C@@H](C)C(C)=O. The number of fused-ring (bicyclic) bond motifs is 1. The fourth-order valence-corrected chi connectivity index (χ4v) is 15.7. The summed E-state index contributed by atoms with van der Waals surface area (Å²) in [7, 11) is 2.43. The van der Waals surface area contributed by atoms with Crippen LogP contribution in [0.15, 0.2) is 53.8 Å². The number of pyridine rings is 1. The van der Waals surface area contributed by atoms with Crippen LogP contribution in [0, 0.1) is 27.9 Å². The van der Waals surface area contributed by atoms with E-state index in [1.54, 1.807) is 58.2 Å². The number of nitrogens with zero attached hydrogens (tertiary/aromatic N) is 2. The molecule has 1 unspecified atom stereocenters. The van der Waals surface area contributed by atoms with Crippen molar-refractivity contribution in [3.05, 3.63) is 64.5 Å². The molecule has 15 atom stereocenters. The van der Waals surface area contributed by atoms with Gasteiger partial charge >= 0.3 is 5.97 Å². The first-order valence-electron chi connectivity index (χ1n) is 47.7. The van der Waals surface area contributed by atoms with Gasteiger partial charge in [-0.15, -0.1) is 0 Å². The molecule has 24 N–H and O–H groups in total. The summed E-state index contributed by atoms with van der Waals surface area (Å²) in [6, 6.07) is -9.04. The molecule has 0 saturated heterocycles. The van der Waals surface area contributed by atoms with Crippen molar-refractivity contribution >= 4 is 144 Å². The summed E-state index contributed by atoms with van der Waals surface area (Å²) < 4.78 is 22.3. The van der Waals surface area contributed by atoms with Crippen LogP contribution in [0.25, 0.3) is 10.9 Å². The van der Waals surface area contributed by atoms with Gasteiger partial charge in [0.05, 0.1) is 63.8 Å². The van der Waals surface area contributed by atoms with Crippen LogP contribution in [0.1, 0.15) is 199 Å².